The molecule has 0 aliphatic carbocycles. The van der Waals surface area contributed by atoms with Crippen molar-refractivity contribution in [2.45, 2.75) is 0 Å². The smallest absolute Gasteiger partial charge is 0.358 e. The van der Waals surface area contributed by atoms with E-state index in [9.17, 15) is 0 Å². The molecule has 7 rings (SSSR count). The van der Waals surface area contributed by atoms with Crippen LogP contribution in [0.25, 0.3) is 52.8 Å². The maximum atomic E-state index is 3.58. The van der Waals surface area contributed by atoms with E-state index in [1.165, 1.54) is 52.8 Å². The van der Waals surface area contributed by atoms with Crippen molar-refractivity contribution in [3.63, 3.8) is 0 Å². The first kappa shape index (κ1) is 27.3. The summed E-state index contributed by atoms with van der Waals surface area (Å²) in [6, 6.07) is 41.2. The van der Waals surface area contributed by atoms with Crippen LogP contribution in [0.2, 0.25) is 0 Å². The molecule has 170 valence electrons. The van der Waals surface area contributed by atoms with Gasteiger partial charge in [0.15, 0.2) is 0 Å². The molecule has 0 saturated carbocycles. The number of rotatable bonds is 1. The second-order valence-electron chi connectivity index (χ2n) is 8.02. The molecular formula is C32H25BrSZr. The van der Waals surface area contributed by atoms with Gasteiger partial charge in [0.2, 0.25) is 0 Å². The van der Waals surface area contributed by atoms with E-state index in [4.69, 9.17) is 0 Å². The molecule has 6 aromatic carbocycles. The van der Waals surface area contributed by atoms with Gasteiger partial charge < -0.3 is 14.9 Å². The van der Waals surface area contributed by atoms with Crippen LogP contribution in [0, 0.1) is 14.9 Å². The second-order valence-corrected chi connectivity index (χ2v) is 10.0. The van der Waals surface area contributed by atoms with Crippen molar-refractivity contribution in [2.24, 2.45) is 0 Å². The number of hydrogen-bond donors (Lipinski definition) is 0. The molecule has 0 atom stereocenters. The van der Waals surface area contributed by atoms with Gasteiger partial charge in [-0.15, -0.1) is 90.1 Å². The minimum Gasteiger partial charge on any atom is -0.358 e. The molecule has 0 unspecified atom stereocenters. The van der Waals surface area contributed by atoms with Crippen LogP contribution in [-0.2, 0) is 26.2 Å². The molecule has 0 saturated heterocycles. The fourth-order valence-electron chi connectivity index (χ4n) is 4.29. The predicted molar refractivity (Wildman–Crippen MR) is 158 cm³/mol. The van der Waals surface area contributed by atoms with E-state index in [0.717, 1.165) is 4.47 Å². The molecule has 0 aliphatic heterocycles. The Kier molecular flexibility index (Phi) is 9.05. The molecule has 0 amide bonds. The van der Waals surface area contributed by atoms with E-state index in [-0.39, 0.29) is 41.1 Å². The summed E-state index contributed by atoms with van der Waals surface area (Å²) >= 11 is 5.42. The van der Waals surface area contributed by atoms with Crippen molar-refractivity contribution < 1.29 is 26.2 Å². The molecule has 3 heteroatoms. The minimum atomic E-state index is 0. The van der Waals surface area contributed by atoms with Crippen molar-refractivity contribution in [2.75, 3.05) is 0 Å². The maximum absolute atomic E-state index is 3.58. The predicted octanol–water partition coefficient (Wildman–Crippen LogP) is 10.8. The number of benzene rings is 4. The molecule has 0 radical (unpaired) electrons. The Balaban J connectivity index is 0.000000180. The molecule has 0 fully saturated rings. The summed E-state index contributed by atoms with van der Waals surface area (Å²) in [5.41, 5.74) is 2.55. The molecule has 7 aromatic rings. The van der Waals surface area contributed by atoms with Crippen LogP contribution in [0.4, 0.5) is 0 Å². The van der Waals surface area contributed by atoms with E-state index in [2.05, 4.69) is 125 Å². The van der Waals surface area contributed by atoms with E-state index in [0.29, 0.717) is 0 Å². The van der Waals surface area contributed by atoms with Gasteiger partial charge in [-0.05, 0) is 10.5 Å². The number of hydrogen-bond acceptors (Lipinski definition) is 1. The first-order valence-corrected chi connectivity index (χ1v) is 12.2. The summed E-state index contributed by atoms with van der Waals surface area (Å²) < 4.78 is 3.80. The number of fused-ring (bicyclic) bond motifs is 6. The fraction of sp³-hybridized carbons (Fsp3) is 0. The summed E-state index contributed by atoms with van der Waals surface area (Å²) in [6.45, 7) is 0. The summed E-state index contributed by atoms with van der Waals surface area (Å²) in [5, 5.41) is 7.91. The van der Waals surface area contributed by atoms with Gasteiger partial charge in [0.1, 0.15) is 0 Å². The molecule has 0 N–H and O–H groups in total. The van der Waals surface area contributed by atoms with Gasteiger partial charge in [0.05, 0.1) is 0 Å². The average molecular weight is 613 g/mol. The Morgan fingerprint density at radius 3 is 2.09 bits per heavy atom. The van der Waals surface area contributed by atoms with Crippen LogP contribution in [0.1, 0.15) is 0 Å². The fourth-order valence-corrected chi connectivity index (χ4v) is 5.71. The standard InChI is InChI=1S/C15H10Br.C15H9S.2CH3.Zr/c16-15-8-4-7-12-9-13(10-14(12)15)11-5-2-1-3-6-11;1-2-10-8-14(3-1)16-15-5-4-11-6-12(10)7-13(11)9-15;;;/h1-10H;1-9H;2*1H3;/q4*-1;+4. The van der Waals surface area contributed by atoms with Crippen LogP contribution in [-0.4, -0.2) is 0 Å². The Hall–Kier alpha value is -2.32. The Bertz CT molecular complexity index is 1680. The normalized spacial score (nSPS) is 10.3. The Labute approximate surface area is 239 Å². The zero-order chi connectivity index (χ0) is 21.5. The molecule has 0 spiro atoms. The zero-order valence-electron chi connectivity index (χ0n) is 19.8. The van der Waals surface area contributed by atoms with E-state index >= 15 is 0 Å². The third-order valence-electron chi connectivity index (χ3n) is 5.89. The summed E-state index contributed by atoms with van der Waals surface area (Å²) in [7, 11) is 0. The zero-order valence-corrected chi connectivity index (χ0v) is 24.6. The van der Waals surface area contributed by atoms with Gasteiger partial charge in [-0.25, -0.2) is 0 Å². The van der Waals surface area contributed by atoms with Crippen LogP contribution >= 0.6 is 27.3 Å². The van der Waals surface area contributed by atoms with Gasteiger partial charge in [-0.3, -0.25) is 0 Å². The summed E-state index contributed by atoms with van der Waals surface area (Å²) in [5.74, 6) is 0. The SMILES string of the molecule is Brc1cccc2cc(-c3ccccc3)[cH-]c12.[CH3-].[CH3-].[Zr+4].c1cc2cc(c1)c1cc3cc(ccc3[cH-]1)s2. The maximum Gasteiger partial charge on any atom is 4.00 e. The molecule has 0 nitrogen and oxygen atoms in total. The van der Waals surface area contributed by atoms with Gasteiger partial charge in [0.25, 0.3) is 0 Å². The van der Waals surface area contributed by atoms with E-state index in [1.54, 1.807) is 0 Å². The molecule has 5 bridgehead atoms. The third kappa shape index (κ3) is 5.59. The second kappa shape index (κ2) is 11.6. The first-order chi connectivity index (χ1) is 15.7. The Morgan fingerprint density at radius 2 is 1.29 bits per heavy atom. The van der Waals surface area contributed by atoms with E-state index in [1.807, 2.05) is 17.4 Å². The molecule has 1 aromatic heterocycles. The topological polar surface area (TPSA) is 0 Å². The van der Waals surface area contributed by atoms with Gasteiger partial charge in [0, 0.05) is 9.40 Å². The molecule has 1 heterocycles. The van der Waals surface area contributed by atoms with Crippen LogP contribution in [0.15, 0.2) is 120 Å². The van der Waals surface area contributed by atoms with Crippen LogP contribution in [0.5, 0.6) is 0 Å². The van der Waals surface area contributed by atoms with Crippen molar-refractivity contribution in [3.05, 3.63) is 135 Å². The summed E-state index contributed by atoms with van der Waals surface area (Å²) in [4.78, 5) is 0. The quantitative estimate of drug-likeness (QED) is 0.162. The molecule has 0 aliphatic rings. The van der Waals surface area contributed by atoms with Crippen molar-refractivity contribution >= 4 is 69.0 Å². The van der Waals surface area contributed by atoms with Crippen LogP contribution < -0.4 is 0 Å². The van der Waals surface area contributed by atoms with Gasteiger partial charge >= 0.3 is 26.2 Å². The van der Waals surface area contributed by atoms with Crippen molar-refractivity contribution in [3.8, 4) is 11.1 Å². The first-order valence-electron chi connectivity index (χ1n) is 10.6. The van der Waals surface area contributed by atoms with Gasteiger partial charge in [-0.1, -0.05) is 89.8 Å². The minimum absolute atomic E-state index is 0. The molecular weight excluding hydrogens is 588 g/mol. The average Bonchev–Trinajstić information content (AvgIpc) is 3.46. The number of halogens is 1. The van der Waals surface area contributed by atoms with Gasteiger partial charge in [-0.2, -0.15) is 0 Å². The van der Waals surface area contributed by atoms with Crippen LogP contribution in [0.3, 0.4) is 0 Å². The van der Waals surface area contributed by atoms with Crippen molar-refractivity contribution in [1.82, 2.24) is 0 Å². The monoisotopic (exact) mass is 610 g/mol. The van der Waals surface area contributed by atoms with E-state index < -0.39 is 0 Å². The third-order valence-corrected chi connectivity index (χ3v) is 7.56. The van der Waals surface area contributed by atoms with Crippen molar-refractivity contribution in [1.29, 1.82) is 0 Å². The Morgan fingerprint density at radius 1 is 0.571 bits per heavy atom. The largest absolute Gasteiger partial charge is 4.00 e. The summed E-state index contributed by atoms with van der Waals surface area (Å²) in [6.07, 6.45) is 0. The molecule has 35 heavy (non-hydrogen) atoms.